The fourth-order valence-corrected chi connectivity index (χ4v) is 5.04. The number of amides is 1. The monoisotopic (exact) mass is 565 g/mol. The molecule has 3 heterocycles. The Morgan fingerprint density at radius 3 is 2.73 bits per heavy atom. The van der Waals surface area contributed by atoms with E-state index in [-0.39, 0.29) is 22.8 Å². The molecule has 1 aliphatic heterocycles. The number of rotatable bonds is 6. The van der Waals surface area contributed by atoms with Crippen molar-refractivity contribution in [3.63, 3.8) is 0 Å². The van der Waals surface area contributed by atoms with Crippen molar-refractivity contribution >= 4 is 34.6 Å². The third kappa shape index (κ3) is 6.11. The Morgan fingerprint density at radius 2 is 2.00 bits per heavy atom. The van der Waals surface area contributed by atoms with E-state index in [1.54, 1.807) is 30.3 Å². The minimum Gasteiger partial charge on any atom is -0.405 e. The van der Waals surface area contributed by atoms with Crippen LogP contribution >= 0.6 is 11.6 Å². The first-order chi connectivity index (χ1) is 19.2. The van der Waals surface area contributed by atoms with Gasteiger partial charge in [-0.1, -0.05) is 42.0 Å². The van der Waals surface area contributed by atoms with Crippen LogP contribution in [0.3, 0.4) is 0 Å². The fourth-order valence-electron chi connectivity index (χ4n) is 4.85. The molecule has 0 saturated carbocycles. The molecule has 11 heteroatoms. The summed E-state index contributed by atoms with van der Waals surface area (Å²) in [7, 11) is 0. The summed E-state index contributed by atoms with van der Waals surface area (Å²) >= 11 is 5.94. The molecule has 1 amide bonds. The summed E-state index contributed by atoms with van der Waals surface area (Å²) in [6, 6.07) is 16.5. The summed E-state index contributed by atoms with van der Waals surface area (Å²) in [5.74, 6) is -0.344. The number of pyridine rings is 1. The first-order valence-corrected chi connectivity index (χ1v) is 12.8. The number of ether oxygens (including phenoxy) is 1. The van der Waals surface area contributed by atoms with Gasteiger partial charge in [0.2, 0.25) is 0 Å². The van der Waals surface area contributed by atoms with E-state index in [4.69, 9.17) is 16.9 Å². The number of hydrogen-bond acceptors (Lipinski definition) is 5. The van der Waals surface area contributed by atoms with Crippen molar-refractivity contribution < 1.29 is 22.7 Å². The fraction of sp³-hybridized carbons (Fsp3) is 0.207. The number of nitriles is 1. The van der Waals surface area contributed by atoms with E-state index in [9.17, 15) is 18.0 Å². The zero-order valence-corrected chi connectivity index (χ0v) is 21.8. The quantitative estimate of drug-likeness (QED) is 0.278. The zero-order chi connectivity index (χ0) is 28.3. The van der Waals surface area contributed by atoms with Crippen molar-refractivity contribution in [1.82, 2.24) is 19.8 Å². The number of nitrogens with one attached hydrogen (secondary N) is 1. The molecule has 1 N–H and O–H groups in total. The van der Waals surface area contributed by atoms with Crippen LogP contribution in [0, 0.1) is 11.3 Å². The predicted molar refractivity (Wildman–Crippen MR) is 145 cm³/mol. The summed E-state index contributed by atoms with van der Waals surface area (Å²) in [6.45, 7) is 1.65. The molecule has 1 aliphatic rings. The van der Waals surface area contributed by atoms with Crippen LogP contribution < -0.4 is 10.1 Å². The summed E-state index contributed by atoms with van der Waals surface area (Å²) in [5.41, 5.74) is 3.84. The molecule has 40 heavy (non-hydrogen) atoms. The molecule has 7 nitrogen and oxygen atoms in total. The van der Waals surface area contributed by atoms with E-state index in [0.717, 1.165) is 11.1 Å². The lowest BCUT2D eigenvalue weighted by Gasteiger charge is -2.27. The molecule has 0 unspecified atom stereocenters. The Labute approximate surface area is 233 Å². The van der Waals surface area contributed by atoms with Gasteiger partial charge in [0.25, 0.3) is 0 Å². The second-order valence-corrected chi connectivity index (χ2v) is 9.61. The smallest absolute Gasteiger partial charge is 0.405 e. The van der Waals surface area contributed by atoms with Gasteiger partial charge in [-0.2, -0.15) is 5.26 Å². The van der Waals surface area contributed by atoms with Gasteiger partial charge in [-0.15, -0.1) is 13.2 Å². The molecule has 204 valence electrons. The van der Waals surface area contributed by atoms with Crippen LogP contribution in [0.15, 0.2) is 66.9 Å². The molecule has 0 fully saturated rings. The Hall–Kier alpha value is -4.33. The number of halogens is 4. The standard InChI is InChI=1S/C29H23ClF3N5O2/c30-26-15-21(10-12-35-26)17-36-28(39)38-23-11-14-37(13-2-3-19-6-8-20(16-34)9-7-19)18-22(23)27-24(38)4-1-5-25(27)40-29(31,32)33/h1-10,12,15H,11,13-14,17-18H2,(H,36,39). The average Bonchev–Trinajstić information content (AvgIpc) is 3.26. The molecule has 2 aromatic heterocycles. The summed E-state index contributed by atoms with van der Waals surface area (Å²) in [4.78, 5) is 19.4. The number of carbonyl (C=O) groups is 1. The van der Waals surface area contributed by atoms with E-state index in [0.29, 0.717) is 48.4 Å². The second-order valence-electron chi connectivity index (χ2n) is 9.23. The summed E-state index contributed by atoms with van der Waals surface area (Å²) in [5, 5.41) is 12.4. The van der Waals surface area contributed by atoms with E-state index in [1.807, 2.05) is 24.3 Å². The molecular weight excluding hydrogens is 543 g/mol. The maximum absolute atomic E-state index is 13.4. The largest absolute Gasteiger partial charge is 0.573 e. The molecule has 5 rings (SSSR count). The van der Waals surface area contributed by atoms with E-state index < -0.39 is 12.4 Å². The van der Waals surface area contributed by atoms with Gasteiger partial charge in [0.1, 0.15) is 10.9 Å². The van der Waals surface area contributed by atoms with Crippen molar-refractivity contribution in [3.05, 3.63) is 100.0 Å². The van der Waals surface area contributed by atoms with Gasteiger partial charge in [-0.25, -0.2) is 9.78 Å². The van der Waals surface area contributed by atoms with Gasteiger partial charge in [0.15, 0.2) is 0 Å². The molecule has 0 bridgehead atoms. The lowest BCUT2D eigenvalue weighted by molar-refractivity contribution is -0.274. The van der Waals surface area contributed by atoms with Crippen LogP contribution in [0.2, 0.25) is 5.15 Å². The van der Waals surface area contributed by atoms with Crippen molar-refractivity contribution in [2.45, 2.75) is 25.9 Å². The molecule has 0 aliphatic carbocycles. The van der Waals surface area contributed by atoms with Gasteiger partial charge in [0, 0.05) is 49.9 Å². The Balaban J connectivity index is 1.44. The predicted octanol–water partition coefficient (Wildman–Crippen LogP) is 6.29. The van der Waals surface area contributed by atoms with Gasteiger partial charge in [-0.05, 0) is 53.1 Å². The van der Waals surface area contributed by atoms with Crippen molar-refractivity contribution in [1.29, 1.82) is 5.26 Å². The summed E-state index contributed by atoms with van der Waals surface area (Å²) < 4.78 is 45.7. The maximum Gasteiger partial charge on any atom is 0.573 e. The highest BCUT2D eigenvalue weighted by atomic mass is 35.5. The number of aromatic nitrogens is 2. The van der Waals surface area contributed by atoms with E-state index >= 15 is 0 Å². The molecule has 0 radical (unpaired) electrons. The Bertz CT molecular complexity index is 1620. The zero-order valence-electron chi connectivity index (χ0n) is 21.1. The van der Waals surface area contributed by atoms with Crippen LogP contribution in [-0.2, 0) is 19.5 Å². The van der Waals surface area contributed by atoms with Crippen LogP contribution in [0.1, 0.15) is 27.9 Å². The van der Waals surface area contributed by atoms with Crippen LogP contribution in [0.25, 0.3) is 17.0 Å². The average molecular weight is 566 g/mol. The SMILES string of the molecule is N#Cc1ccc(C=CCN2CCc3c(c4c(OC(F)(F)F)cccc4n3C(=O)NCc3ccnc(Cl)c3)C2)cc1. The highest BCUT2D eigenvalue weighted by Gasteiger charge is 2.34. The lowest BCUT2D eigenvalue weighted by atomic mass is 10.0. The van der Waals surface area contributed by atoms with E-state index in [1.165, 1.54) is 22.9 Å². The highest BCUT2D eigenvalue weighted by molar-refractivity contribution is 6.29. The van der Waals surface area contributed by atoms with Crippen molar-refractivity contribution in [2.24, 2.45) is 0 Å². The van der Waals surface area contributed by atoms with Crippen LogP contribution in [-0.4, -0.2) is 39.9 Å². The first-order valence-electron chi connectivity index (χ1n) is 12.4. The molecule has 0 saturated heterocycles. The molecule has 0 atom stereocenters. The number of carbonyl (C=O) groups excluding carboxylic acids is 1. The lowest BCUT2D eigenvalue weighted by Crippen LogP contribution is -2.34. The highest BCUT2D eigenvalue weighted by Crippen LogP contribution is 2.38. The maximum atomic E-state index is 13.4. The van der Waals surface area contributed by atoms with Gasteiger partial charge in [-0.3, -0.25) is 9.47 Å². The van der Waals surface area contributed by atoms with Crippen molar-refractivity contribution in [3.8, 4) is 11.8 Å². The summed E-state index contributed by atoms with van der Waals surface area (Å²) in [6.07, 6.45) is 0.989. The number of hydrogen-bond donors (Lipinski definition) is 1. The third-order valence-corrected chi connectivity index (χ3v) is 6.80. The number of fused-ring (bicyclic) bond motifs is 3. The van der Waals surface area contributed by atoms with Crippen LogP contribution in [0.5, 0.6) is 5.75 Å². The van der Waals surface area contributed by atoms with Gasteiger partial charge >= 0.3 is 12.4 Å². The van der Waals surface area contributed by atoms with Crippen molar-refractivity contribution in [2.75, 3.05) is 13.1 Å². The normalized spacial score (nSPS) is 13.8. The molecule has 4 aromatic rings. The third-order valence-electron chi connectivity index (χ3n) is 6.59. The Kier molecular flexibility index (Phi) is 7.78. The number of benzene rings is 2. The molecule has 2 aromatic carbocycles. The Morgan fingerprint density at radius 1 is 1.20 bits per heavy atom. The minimum absolute atomic E-state index is 0.167. The van der Waals surface area contributed by atoms with Gasteiger partial charge < -0.3 is 10.1 Å². The molecular formula is C29H23ClF3N5O2. The van der Waals surface area contributed by atoms with Crippen LogP contribution in [0.4, 0.5) is 18.0 Å². The second kappa shape index (κ2) is 11.4. The minimum atomic E-state index is -4.88. The topological polar surface area (TPSA) is 83.2 Å². The van der Waals surface area contributed by atoms with E-state index in [2.05, 4.69) is 26.0 Å². The van der Waals surface area contributed by atoms with Gasteiger partial charge in [0.05, 0.1) is 17.1 Å². The first kappa shape index (κ1) is 27.2. The number of nitrogens with zero attached hydrogens (tertiary/aromatic N) is 4. The number of alkyl halides is 3. The molecule has 0 spiro atoms.